The van der Waals surface area contributed by atoms with Crippen molar-refractivity contribution in [2.45, 2.75) is 57.0 Å². The second-order valence-corrected chi connectivity index (χ2v) is 6.34. The number of likely N-dealkylation sites (tertiary alicyclic amines) is 2. The molecule has 0 bridgehead atoms. The molecule has 0 radical (unpaired) electrons. The average molecular weight is 247 g/mol. The standard InChI is InChI=1S/C15H25N3/c16-10-13-7-9-18(11-13)15-6-3-8-17(12-15)14-4-1-2-5-14/h13-15H,1-9,11-12H2. The zero-order chi connectivity index (χ0) is 12.4. The highest BCUT2D eigenvalue weighted by atomic mass is 15.3. The fourth-order valence-electron chi connectivity index (χ4n) is 4.11. The van der Waals surface area contributed by atoms with Crippen molar-refractivity contribution in [2.75, 3.05) is 26.2 Å². The first-order valence-electron chi connectivity index (χ1n) is 7.74. The van der Waals surface area contributed by atoms with Crippen molar-refractivity contribution in [3.63, 3.8) is 0 Å². The molecular weight excluding hydrogens is 222 g/mol. The fraction of sp³-hybridized carbons (Fsp3) is 0.933. The number of rotatable bonds is 2. The second-order valence-electron chi connectivity index (χ2n) is 6.34. The Morgan fingerprint density at radius 3 is 2.22 bits per heavy atom. The van der Waals surface area contributed by atoms with E-state index >= 15 is 0 Å². The Morgan fingerprint density at radius 2 is 1.50 bits per heavy atom. The van der Waals surface area contributed by atoms with E-state index in [0.29, 0.717) is 5.92 Å². The first-order valence-corrected chi connectivity index (χ1v) is 7.74. The summed E-state index contributed by atoms with van der Waals surface area (Å²) in [7, 11) is 0. The molecule has 2 aliphatic heterocycles. The third kappa shape index (κ3) is 2.55. The molecule has 0 N–H and O–H groups in total. The summed E-state index contributed by atoms with van der Waals surface area (Å²) in [6.45, 7) is 4.76. The molecule has 3 heteroatoms. The highest BCUT2D eigenvalue weighted by Gasteiger charge is 2.33. The lowest BCUT2D eigenvalue weighted by Crippen LogP contribution is -2.50. The number of hydrogen-bond donors (Lipinski definition) is 0. The van der Waals surface area contributed by atoms with Crippen LogP contribution in [-0.4, -0.2) is 48.1 Å². The molecule has 3 fully saturated rings. The van der Waals surface area contributed by atoms with Gasteiger partial charge in [0.05, 0.1) is 12.0 Å². The molecule has 0 aromatic heterocycles. The van der Waals surface area contributed by atoms with E-state index in [9.17, 15) is 0 Å². The zero-order valence-electron chi connectivity index (χ0n) is 11.4. The maximum atomic E-state index is 9.02. The monoisotopic (exact) mass is 247 g/mol. The van der Waals surface area contributed by atoms with Gasteiger partial charge in [-0.2, -0.15) is 5.26 Å². The van der Waals surface area contributed by atoms with Crippen molar-refractivity contribution >= 4 is 0 Å². The Kier molecular flexibility index (Phi) is 3.86. The second kappa shape index (κ2) is 5.59. The van der Waals surface area contributed by atoms with Crippen LogP contribution in [0.5, 0.6) is 0 Å². The summed E-state index contributed by atoms with van der Waals surface area (Å²) in [5.74, 6) is 0.298. The lowest BCUT2D eigenvalue weighted by Gasteiger charge is -2.40. The first kappa shape index (κ1) is 12.4. The Bertz CT molecular complexity index is 316. The molecule has 0 spiro atoms. The molecule has 3 aliphatic rings. The van der Waals surface area contributed by atoms with Crippen molar-refractivity contribution in [2.24, 2.45) is 5.92 Å². The number of hydrogen-bond acceptors (Lipinski definition) is 3. The van der Waals surface area contributed by atoms with Crippen molar-refractivity contribution in [3.05, 3.63) is 0 Å². The highest BCUT2D eigenvalue weighted by Crippen LogP contribution is 2.29. The summed E-state index contributed by atoms with van der Waals surface area (Å²) in [6.07, 6.45) is 9.52. The normalized spacial score (nSPS) is 35.9. The van der Waals surface area contributed by atoms with Crippen LogP contribution in [0.4, 0.5) is 0 Å². The molecule has 2 saturated heterocycles. The molecule has 2 heterocycles. The van der Waals surface area contributed by atoms with E-state index < -0.39 is 0 Å². The maximum absolute atomic E-state index is 9.02. The van der Waals surface area contributed by atoms with Gasteiger partial charge in [-0.15, -0.1) is 0 Å². The lowest BCUT2D eigenvalue weighted by atomic mass is 10.0. The van der Waals surface area contributed by atoms with Crippen LogP contribution < -0.4 is 0 Å². The van der Waals surface area contributed by atoms with Gasteiger partial charge in [-0.25, -0.2) is 0 Å². The fourth-order valence-corrected chi connectivity index (χ4v) is 4.11. The predicted octanol–water partition coefficient (Wildman–Crippen LogP) is 2.24. The molecule has 0 aromatic carbocycles. The number of piperidine rings is 1. The minimum absolute atomic E-state index is 0.298. The summed E-state index contributed by atoms with van der Waals surface area (Å²) in [6, 6.07) is 4.06. The van der Waals surface area contributed by atoms with Crippen LogP contribution in [-0.2, 0) is 0 Å². The van der Waals surface area contributed by atoms with E-state index in [1.165, 1.54) is 51.6 Å². The predicted molar refractivity (Wildman–Crippen MR) is 72.1 cm³/mol. The Morgan fingerprint density at radius 1 is 0.778 bits per heavy atom. The molecule has 100 valence electrons. The molecule has 0 aromatic rings. The van der Waals surface area contributed by atoms with E-state index in [0.717, 1.165) is 31.6 Å². The molecule has 2 atom stereocenters. The van der Waals surface area contributed by atoms with Crippen molar-refractivity contribution in [1.29, 1.82) is 5.26 Å². The molecule has 1 saturated carbocycles. The Balaban J connectivity index is 1.55. The van der Waals surface area contributed by atoms with E-state index in [4.69, 9.17) is 5.26 Å². The van der Waals surface area contributed by atoms with Crippen molar-refractivity contribution < 1.29 is 0 Å². The van der Waals surface area contributed by atoms with Gasteiger partial charge >= 0.3 is 0 Å². The first-order chi connectivity index (χ1) is 8.86. The molecule has 3 rings (SSSR count). The molecule has 18 heavy (non-hydrogen) atoms. The van der Waals surface area contributed by atoms with Gasteiger partial charge in [-0.1, -0.05) is 12.8 Å². The van der Waals surface area contributed by atoms with Gasteiger partial charge in [0.1, 0.15) is 0 Å². The van der Waals surface area contributed by atoms with Crippen LogP contribution in [0.1, 0.15) is 44.9 Å². The highest BCUT2D eigenvalue weighted by molar-refractivity contribution is 4.95. The van der Waals surface area contributed by atoms with Crippen LogP contribution >= 0.6 is 0 Å². The van der Waals surface area contributed by atoms with Crippen LogP contribution in [0.25, 0.3) is 0 Å². The van der Waals surface area contributed by atoms with Crippen molar-refractivity contribution in [3.8, 4) is 6.07 Å². The minimum atomic E-state index is 0.298. The van der Waals surface area contributed by atoms with Gasteiger partial charge in [-0.3, -0.25) is 9.80 Å². The molecule has 2 unspecified atom stereocenters. The van der Waals surface area contributed by atoms with Crippen LogP contribution in [0, 0.1) is 17.2 Å². The number of nitrogens with zero attached hydrogens (tertiary/aromatic N) is 3. The average Bonchev–Trinajstić information content (AvgIpc) is 3.10. The summed E-state index contributed by atoms with van der Waals surface area (Å²) >= 11 is 0. The van der Waals surface area contributed by atoms with Gasteiger partial charge in [0, 0.05) is 25.2 Å². The maximum Gasteiger partial charge on any atom is 0.0669 e. The van der Waals surface area contributed by atoms with Gasteiger partial charge < -0.3 is 0 Å². The summed E-state index contributed by atoms with van der Waals surface area (Å²) in [5.41, 5.74) is 0. The molecular formula is C15H25N3. The zero-order valence-corrected chi connectivity index (χ0v) is 11.4. The van der Waals surface area contributed by atoms with Crippen LogP contribution in [0.15, 0.2) is 0 Å². The quantitative estimate of drug-likeness (QED) is 0.749. The minimum Gasteiger partial charge on any atom is -0.299 e. The van der Waals surface area contributed by atoms with E-state index in [2.05, 4.69) is 15.9 Å². The summed E-state index contributed by atoms with van der Waals surface area (Å²) < 4.78 is 0. The Hall–Kier alpha value is -0.590. The summed E-state index contributed by atoms with van der Waals surface area (Å²) in [5, 5.41) is 9.02. The third-order valence-electron chi connectivity index (χ3n) is 5.19. The topological polar surface area (TPSA) is 30.3 Å². The SMILES string of the molecule is N#CC1CCN(C2CCCN(C3CCCC3)C2)C1. The Labute approximate surface area is 111 Å². The molecule has 3 nitrogen and oxygen atoms in total. The van der Waals surface area contributed by atoms with Crippen LogP contribution in [0.3, 0.4) is 0 Å². The van der Waals surface area contributed by atoms with Gasteiger partial charge in [0.25, 0.3) is 0 Å². The van der Waals surface area contributed by atoms with Crippen molar-refractivity contribution in [1.82, 2.24) is 9.80 Å². The van der Waals surface area contributed by atoms with Gasteiger partial charge in [0.15, 0.2) is 0 Å². The van der Waals surface area contributed by atoms with Gasteiger partial charge in [0.2, 0.25) is 0 Å². The molecule has 1 aliphatic carbocycles. The molecule has 0 amide bonds. The third-order valence-corrected chi connectivity index (χ3v) is 5.19. The lowest BCUT2D eigenvalue weighted by molar-refractivity contribution is 0.0840. The largest absolute Gasteiger partial charge is 0.299 e. The smallest absolute Gasteiger partial charge is 0.0669 e. The van der Waals surface area contributed by atoms with E-state index in [-0.39, 0.29) is 0 Å². The van der Waals surface area contributed by atoms with E-state index in [1.54, 1.807) is 0 Å². The number of nitriles is 1. The summed E-state index contributed by atoms with van der Waals surface area (Å²) in [4.78, 5) is 5.34. The van der Waals surface area contributed by atoms with E-state index in [1.807, 2.05) is 0 Å². The van der Waals surface area contributed by atoms with Crippen LogP contribution in [0.2, 0.25) is 0 Å². The van der Waals surface area contributed by atoms with Gasteiger partial charge in [-0.05, 0) is 45.2 Å².